The van der Waals surface area contributed by atoms with E-state index in [4.69, 9.17) is 10.5 Å². The summed E-state index contributed by atoms with van der Waals surface area (Å²) in [5.41, 5.74) is 6.69. The van der Waals surface area contributed by atoms with Gasteiger partial charge >= 0.3 is 0 Å². The van der Waals surface area contributed by atoms with Crippen LogP contribution >= 0.6 is 11.3 Å². The summed E-state index contributed by atoms with van der Waals surface area (Å²) in [4.78, 5) is 22.5. The predicted molar refractivity (Wildman–Crippen MR) is 85.0 cm³/mol. The van der Waals surface area contributed by atoms with E-state index < -0.39 is 6.10 Å². The molecule has 2 aromatic rings. The first-order valence-electron chi connectivity index (χ1n) is 7.66. The number of aryl methyl sites for hydroxylation is 2. The van der Waals surface area contributed by atoms with Gasteiger partial charge in [-0.25, -0.2) is 9.97 Å². The van der Waals surface area contributed by atoms with Crippen molar-refractivity contribution in [2.75, 3.05) is 11.9 Å². The van der Waals surface area contributed by atoms with Gasteiger partial charge in [0.05, 0.1) is 11.5 Å². The fraction of sp³-hybridized carbons (Fsp3) is 0.533. The summed E-state index contributed by atoms with van der Waals surface area (Å²) >= 11 is 1.78. The molecule has 1 aliphatic carbocycles. The van der Waals surface area contributed by atoms with Crippen LogP contribution in [0, 0.1) is 0 Å². The van der Waals surface area contributed by atoms with Gasteiger partial charge in [0.15, 0.2) is 0 Å². The number of nitrogens with two attached hydrogens (primary N) is 1. The van der Waals surface area contributed by atoms with Crippen molar-refractivity contribution in [3.8, 4) is 0 Å². The quantitative estimate of drug-likeness (QED) is 0.894. The molecule has 4 rings (SSSR count). The fourth-order valence-corrected chi connectivity index (χ4v) is 4.57. The molecule has 0 spiro atoms. The third-order valence-electron chi connectivity index (χ3n) is 4.42. The maximum absolute atomic E-state index is 11.1. The van der Waals surface area contributed by atoms with E-state index in [2.05, 4.69) is 15.3 Å². The Morgan fingerprint density at radius 3 is 3.14 bits per heavy atom. The van der Waals surface area contributed by atoms with Crippen LogP contribution in [0.3, 0.4) is 0 Å². The zero-order chi connectivity index (χ0) is 15.1. The standard InChI is InChI=1S/C15H18N4O2S/c16-13(20)10-5-4-8(21-10)6-17-14-12-9-2-1-3-11(9)22-15(12)19-7-18-14/h7-8,10H,1-6H2,(H2,16,20)(H,17,18,19). The number of carbonyl (C=O) groups is 1. The molecule has 1 aliphatic heterocycles. The summed E-state index contributed by atoms with van der Waals surface area (Å²) in [6, 6.07) is 0. The summed E-state index contributed by atoms with van der Waals surface area (Å²) in [5, 5.41) is 4.55. The lowest BCUT2D eigenvalue weighted by molar-refractivity contribution is -0.128. The van der Waals surface area contributed by atoms with Gasteiger partial charge < -0.3 is 15.8 Å². The minimum absolute atomic E-state index is 0.00852. The van der Waals surface area contributed by atoms with Crippen LogP contribution in [0.5, 0.6) is 0 Å². The molecule has 1 fully saturated rings. The molecule has 0 bridgehead atoms. The number of ether oxygens (including phenoxy) is 1. The number of thiophene rings is 1. The highest BCUT2D eigenvalue weighted by Gasteiger charge is 2.29. The smallest absolute Gasteiger partial charge is 0.246 e. The summed E-state index contributed by atoms with van der Waals surface area (Å²) in [6.45, 7) is 0.639. The van der Waals surface area contributed by atoms with Crippen molar-refractivity contribution in [1.82, 2.24) is 9.97 Å². The Balaban J connectivity index is 1.52. The molecule has 2 atom stereocenters. The molecule has 6 nitrogen and oxygen atoms in total. The van der Waals surface area contributed by atoms with Gasteiger partial charge in [-0.05, 0) is 37.7 Å². The lowest BCUT2D eigenvalue weighted by Crippen LogP contribution is -2.30. The molecule has 2 aliphatic rings. The number of carbonyl (C=O) groups excluding carboxylic acids is 1. The highest BCUT2D eigenvalue weighted by atomic mass is 32.1. The van der Waals surface area contributed by atoms with Gasteiger partial charge in [0.2, 0.25) is 5.91 Å². The maximum Gasteiger partial charge on any atom is 0.246 e. The van der Waals surface area contributed by atoms with Crippen LogP contribution in [0.4, 0.5) is 5.82 Å². The summed E-state index contributed by atoms with van der Waals surface area (Å²) < 4.78 is 5.65. The van der Waals surface area contributed by atoms with Crippen molar-refractivity contribution in [3.05, 3.63) is 16.8 Å². The summed E-state index contributed by atoms with van der Waals surface area (Å²) in [5.74, 6) is 0.512. The molecule has 2 unspecified atom stereocenters. The molecular formula is C15H18N4O2S. The van der Waals surface area contributed by atoms with Gasteiger partial charge in [-0.1, -0.05) is 0 Å². The van der Waals surface area contributed by atoms with Crippen LogP contribution in [0.15, 0.2) is 6.33 Å². The third-order valence-corrected chi connectivity index (χ3v) is 5.62. The average molecular weight is 318 g/mol. The number of hydrogen-bond acceptors (Lipinski definition) is 6. The molecule has 0 saturated carbocycles. The van der Waals surface area contributed by atoms with E-state index in [1.807, 2.05) is 0 Å². The molecule has 116 valence electrons. The Morgan fingerprint density at radius 2 is 2.32 bits per heavy atom. The lowest BCUT2D eigenvalue weighted by atomic mass is 10.1. The zero-order valence-corrected chi connectivity index (χ0v) is 13.0. The number of aromatic nitrogens is 2. The van der Waals surface area contributed by atoms with E-state index in [1.165, 1.54) is 22.2 Å². The number of nitrogens with one attached hydrogen (secondary N) is 1. The Hall–Kier alpha value is -1.73. The lowest BCUT2D eigenvalue weighted by Gasteiger charge is -2.13. The molecule has 2 aromatic heterocycles. The van der Waals surface area contributed by atoms with Crippen molar-refractivity contribution < 1.29 is 9.53 Å². The first kappa shape index (κ1) is 13.9. The van der Waals surface area contributed by atoms with Gasteiger partial charge in [-0.15, -0.1) is 11.3 Å². The van der Waals surface area contributed by atoms with Gasteiger partial charge in [-0.2, -0.15) is 0 Å². The Bertz CT molecular complexity index is 730. The fourth-order valence-electron chi connectivity index (χ4n) is 3.34. The molecule has 0 radical (unpaired) electrons. The minimum Gasteiger partial charge on any atom is -0.367 e. The van der Waals surface area contributed by atoms with E-state index in [0.29, 0.717) is 13.0 Å². The topological polar surface area (TPSA) is 90.1 Å². The van der Waals surface area contributed by atoms with Crippen LogP contribution in [0.1, 0.15) is 29.7 Å². The number of primary amides is 1. The van der Waals surface area contributed by atoms with Crippen molar-refractivity contribution in [2.45, 2.75) is 44.3 Å². The van der Waals surface area contributed by atoms with Crippen LogP contribution in [-0.2, 0) is 22.4 Å². The van der Waals surface area contributed by atoms with E-state index in [-0.39, 0.29) is 12.0 Å². The molecule has 7 heteroatoms. The van der Waals surface area contributed by atoms with E-state index in [9.17, 15) is 4.79 Å². The first-order valence-corrected chi connectivity index (χ1v) is 8.48. The van der Waals surface area contributed by atoms with E-state index in [1.54, 1.807) is 17.7 Å². The molecule has 3 N–H and O–H groups in total. The van der Waals surface area contributed by atoms with Crippen molar-refractivity contribution in [3.63, 3.8) is 0 Å². The Kier molecular flexibility index (Phi) is 3.46. The highest BCUT2D eigenvalue weighted by molar-refractivity contribution is 7.19. The predicted octanol–water partition coefficient (Wildman–Crippen LogP) is 1.62. The number of fused-ring (bicyclic) bond motifs is 3. The monoisotopic (exact) mass is 318 g/mol. The van der Waals surface area contributed by atoms with Gasteiger partial charge in [-0.3, -0.25) is 4.79 Å². The number of anilines is 1. The summed E-state index contributed by atoms with van der Waals surface area (Å²) in [6.07, 6.45) is 6.21. The normalized spacial score (nSPS) is 23.8. The molecular weight excluding hydrogens is 300 g/mol. The molecule has 0 aromatic carbocycles. The van der Waals surface area contributed by atoms with E-state index in [0.717, 1.165) is 29.9 Å². The largest absolute Gasteiger partial charge is 0.367 e. The molecule has 22 heavy (non-hydrogen) atoms. The zero-order valence-electron chi connectivity index (χ0n) is 12.2. The van der Waals surface area contributed by atoms with Gasteiger partial charge in [0, 0.05) is 11.4 Å². The van der Waals surface area contributed by atoms with Crippen molar-refractivity contribution in [1.29, 1.82) is 0 Å². The van der Waals surface area contributed by atoms with E-state index >= 15 is 0 Å². The first-order chi connectivity index (χ1) is 10.7. The molecule has 1 saturated heterocycles. The minimum atomic E-state index is -0.442. The Labute approximate surface area is 132 Å². The highest BCUT2D eigenvalue weighted by Crippen LogP contribution is 2.39. The third kappa shape index (κ3) is 2.34. The summed E-state index contributed by atoms with van der Waals surface area (Å²) in [7, 11) is 0. The SMILES string of the molecule is NC(=O)C1CCC(CNc2ncnc3sc4c(c23)CCC4)O1. The second-order valence-corrected chi connectivity index (χ2v) is 6.95. The maximum atomic E-state index is 11.1. The molecule has 3 heterocycles. The van der Waals surface area contributed by atoms with Gasteiger partial charge in [0.1, 0.15) is 23.1 Å². The number of rotatable bonds is 4. The van der Waals surface area contributed by atoms with Crippen LogP contribution < -0.4 is 11.1 Å². The van der Waals surface area contributed by atoms with Crippen molar-refractivity contribution >= 4 is 33.3 Å². The average Bonchev–Trinajstić information content (AvgIpc) is 3.19. The second-order valence-electron chi connectivity index (χ2n) is 5.87. The van der Waals surface area contributed by atoms with Crippen LogP contribution in [0.2, 0.25) is 0 Å². The number of amides is 1. The number of nitrogens with zero attached hydrogens (tertiary/aromatic N) is 2. The second kappa shape index (κ2) is 5.48. The number of hydrogen-bond donors (Lipinski definition) is 2. The van der Waals surface area contributed by atoms with Crippen LogP contribution in [-0.4, -0.2) is 34.6 Å². The Morgan fingerprint density at radius 1 is 1.41 bits per heavy atom. The van der Waals surface area contributed by atoms with Gasteiger partial charge in [0.25, 0.3) is 0 Å². The van der Waals surface area contributed by atoms with Crippen molar-refractivity contribution in [2.24, 2.45) is 5.73 Å². The van der Waals surface area contributed by atoms with Crippen LogP contribution in [0.25, 0.3) is 10.2 Å². The molecule has 1 amide bonds.